The molecule has 5 nitrogen and oxygen atoms in total. The Kier molecular flexibility index (Phi) is 4.53. The summed E-state index contributed by atoms with van der Waals surface area (Å²) in [5.74, 6) is 0.216. The molecular formula is C16H23N3O2. The minimum atomic E-state index is -0.0932. The number of amides is 1. The second-order valence-corrected chi connectivity index (χ2v) is 5.80. The van der Waals surface area contributed by atoms with Gasteiger partial charge in [0.2, 0.25) is 5.91 Å². The van der Waals surface area contributed by atoms with Gasteiger partial charge in [-0.1, -0.05) is 24.3 Å². The van der Waals surface area contributed by atoms with Crippen LogP contribution in [0.25, 0.3) is 0 Å². The van der Waals surface area contributed by atoms with Gasteiger partial charge in [-0.15, -0.1) is 0 Å². The van der Waals surface area contributed by atoms with Crippen LogP contribution in [-0.4, -0.2) is 66.2 Å². The van der Waals surface area contributed by atoms with E-state index >= 15 is 0 Å². The van der Waals surface area contributed by atoms with E-state index in [-0.39, 0.29) is 18.6 Å². The number of nitrogens with zero attached hydrogens (tertiary/aromatic N) is 2. The Hall–Kier alpha value is -1.43. The topological polar surface area (TPSA) is 55.8 Å². The summed E-state index contributed by atoms with van der Waals surface area (Å²) in [6.07, 6.45) is 0.784. The summed E-state index contributed by atoms with van der Waals surface area (Å²) in [5.41, 5.74) is 2.59. The molecule has 0 aliphatic carbocycles. The standard InChI is InChI=1S/C16H23N3O2/c20-10-9-18-5-7-19(8-6-18)16(21)15-11-13-3-1-2-4-14(13)12-17-15/h1-4,15,17,20H,5-12H2. The fraction of sp³-hybridized carbons (Fsp3) is 0.562. The molecule has 114 valence electrons. The molecule has 1 aromatic carbocycles. The number of aliphatic hydroxyl groups is 1. The van der Waals surface area contributed by atoms with Crippen LogP contribution in [0.2, 0.25) is 0 Å². The molecule has 1 unspecified atom stereocenters. The molecule has 5 heteroatoms. The lowest BCUT2D eigenvalue weighted by atomic mass is 9.95. The Morgan fingerprint density at radius 1 is 1.19 bits per heavy atom. The summed E-state index contributed by atoms with van der Waals surface area (Å²) < 4.78 is 0. The minimum absolute atomic E-state index is 0.0932. The van der Waals surface area contributed by atoms with E-state index in [9.17, 15) is 4.79 Å². The summed E-state index contributed by atoms with van der Waals surface area (Å²) in [6, 6.07) is 8.23. The van der Waals surface area contributed by atoms with Crippen molar-refractivity contribution in [1.29, 1.82) is 0 Å². The number of β-amino-alcohol motifs (C(OH)–C–C–N with tert-alkyl or cyclic N) is 1. The fourth-order valence-corrected chi connectivity index (χ4v) is 3.18. The van der Waals surface area contributed by atoms with Crippen molar-refractivity contribution in [1.82, 2.24) is 15.1 Å². The van der Waals surface area contributed by atoms with Crippen LogP contribution >= 0.6 is 0 Å². The highest BCUT2D eigenvalue weighted by atomic mass is 16.3. The number of piperazine rings is 1. The van der Waals surface area contributed by atoms with Crippen molar-refractivity contribution < 1.29 is 9.90 Å². The fourth-order valence-electron chi connectivity index (χ4n) is 3.18. The van der Waals surface area contributed by atoms with Crippen molar-refractivity contribution in [2.45, 2.75) is 19.0 Å². The van der Waals surface area contributed by atoms with Crippen molar-refractivity contribution in [2.75, 3.05) is 39.3 Å². The number of fused-ring (bicyclic) bond motifs is 1. The lowest BCUT2D eigenvalue weighted by Crippen LogP contribution is -2.55. The van der Waals surface area contributed by atoms with E-state index in [1.165, 1.54) is 11.1 Å². The first-order chi connectivity index (χ1) is 10.3. The van der Waals surface area contributed by atoms with Crippen LogP contribution in [-0.2, 0) is 17.8 Å². The van der Waals surface area contributed by atoms with Crippen LogP contribution in [0, 0.1) is 0 Å². The molecular weight excluding hydrogens is 266 g/mol. The van der Waals surface area contributed by atoms with Gasteiger partial charge in [-0.3, -0.25) is 9.69 Å². The minimum Gasteiger partial charge on any atom is -0.395 e. The first kappa shape index (κ1) is 14.5. The molecule has 0 bridgehead atoms. The van der Waals surface area contributed by atoms with Gasteiger partial charge in [-0.2, -0.15) is 0 Å². The summed E-state index contributed by atoms with van der Waals surface area (Å²) >= 11 is 0. The SMILES string of the molecule is O=C(C1Cc2ccccc2CN1)N1CCN(CCO)CC1. The maximum atomic E-state index is 12.6. The molecule has 21 heavy (non-hydrogen) atoms. The molecule has 2 heterocycles. The molecule has 0 aromatic heterocycles. The van der Waals surface area contributed by atoms with Crippen molar-refractivity contribution in [3.05, 3.63) is 35.4 Å². The molecule has 2 aliphatic rings. The van der Waals surface area contributed by atoms with Gasteiger partial charge < -0.3 is 15.3 Å². The van der Waals surface area contributed by atoms with Gasteiger partial charge >= 0.3 is 0 Å². The normalized spacial score (nSPS) is 22.9. The van der Waals surface area contributed by atoms with Crippen LogP contribution in [0.3, 0.4) is 0 Å². The maximum Gasteiger partial charge on any atom is 0.240 e. The van der Waals surface area contributed by atoms with Gasteiger partial charge in [0.05, 0.1) is 12.6 Å². The molecule has 3 rings (SSSR count). The predicted octanol–water partition coefficient (Wildman–Crippen LogP) is -0.163. The number of nitrogens with one attached hydrogen (secondary N) is 1. The predicted molar refractivity (Wildman–Crippen MR) is 80.9 cm³/mol. The Morgan fingerprint density at radius 3 is 2.62 bits per heavy atom. The Balaban J connectivity index is 1.57. The van der Waals surface area contributed by atoms with E-state index in [1.807, 2.05) is 17.0 Å². The first-order valence-electron chi connectivity index (χ1n) is 7.70. The lowest BCUT2D eigenvalue weighted by Gasteiger charge is -2.37. The van der Waals surface area contributed by atoms with E-state index in [4.69, 9.17) is 5.11 Å². The number of hydrogen-bond acceptors (Lipinski definition) is 4. The molecule has 1 atom stereocenters. The molecule has 1 saturated heterocycles. The van der Waals surface area contributed by atoms with E-state index in [0.717, 1.165) is 39.1 Å². The van der Waals surface area contributed by atoms with Gasteiger partial charge in [0.15, 0.2) is 0 Å². The third kappa shape index (κ3) is 3.26. The molecule has 0 radical (unpaired) electrons. The van der Waals surface area contributed by atoms with Crippen LogP contribution in [0.15, 0.2) is 24.3 Å². The van der Waals surface area contributed by atoms with Crippen molar-refractivity contribution >= 4 is 5.91 Å². The second-order valence-electron chi connectivity index (χ2n) is 5.80. The van der Waals surface area contributed by atoms with Crippen LogP contribution in [0.4, 0.5) is 0 Å². The van der Waals surface area contributed by atoms with E-state index in [0.29, 0.717) is 6.54 Å². The average Bonchev–Trinajstić information content (AvgIpc) is 2.55. The zero-order chi connectivity index (χ0) is 14.7. The van der Waals surface area contributed by atoms with E-state index in [2.05, 4.69) is 22.3 Å². The smallest absolute Gasteiger partial charge is 0.240 e. The van der Waals surface area contributed by atoms with Gasteiger partial charge in [-0.25, -0.2) is 0 Å². The molecule has 0 spiro atoms. The summed E-state index contributed by atoms with van der Waals surface area (Å²) in [4.78, 5) is 16.8. The first-order valence-corrected chi connectivity index (χ1v) is 7.70. The molecule has 0 saturated carbocycles. The number of hydrogen-bond donors (Lipinski definition) is 2. The monoisotopic (exact) mass is 289 g/mol. The highest BCUT2D eigenvalue weighted by Gasteiger charge is 2.29. The zero-order valence-electron chi connectivity index (χ0n) is 12.3. The van der Waals surface area contributed by atoms with E-state index in [1.54, 1.807) is 0 Å². The van der Waals surface area contributed by atoms with Crippen molar-refractivity contribution in [2.24, 2.45) is 0 Å². The third-order valence-corrected chi connectivity index (χ3v) is 4.48. The van der Waals surface area contributed by atoms with Crippen molar-refractivity contribution in [3.63, 3.8) is 0 Å². The number of carbonyl (C=O) groups excluding carboxylic acids is 1. The van der Waals surface area contributed by atoms with Crippen molar-refractivity contribution in [3.8, 4) is 0 Å². The van der Waals surface area contributed by atoms with E-state index < -0.39 is 0 Å². The molecule has 2 aliphatic heterocycles. The quantitative estimate of drug-likeness (QED) is 0.812. The highest BCUT2D eigenvalue weighted by Crippen LogP contribution is 2.18. The number of aliphatic hydroxyl groups excluding tert-OH is 1. The summed E-state index contributed by atoms with van der Waals surface area (Å²) in [5, 5.41) is 12.3. The second kappa shape index (κ2) is 6.56. The van der Waals surface area contributed by atoms with Crippen LogP contribution in [0.5, 0.6) is 0 Å². The van der Waals surface area contributed by atoms with Crippen LogP contribution in [0.1, 0.15) is 11.1 Å². The Bertz CT molecular complexity index is 498. The number of benzene rings is 1. The van der Waals surface area contributed by atoms with Gasteiger partial charge in [-0.05, 0) is 17.5 Å². The third-order valence-electron chi connectivity index (χ3n) is 4.48. The zero-order valence-corrected chi connectivity index (χ0v) is 12.3. The average molecular weight is 289 g/mol. The Labute approximate surface area is 125 Å². The summed E-state index contributed by atoms with van der Waals surface area (Å²) in [6.45, 7) is 4.91. The molecule has 1 amide bonds. The number of carbonyl (C=O) groups is 1. The number of rotatable bonds is 3. The largest absolute Gasteiger partial charge is 0.395 e. The van der Waals surface area contributed by atoms with Gasteiger partial charge in [0.25, 0.3) is 0 Å². The van der Waals surface area contributed by atoms with Gasteiger partial charge in [0.1, 0.15) is 0 Å². The highest BCUT2D eigenvalue weighted by molar-refractivity contribution is 5.82. The molecule has 1 aromatic rings. The lowest BCUT2D eigenvalue weighted by molar-refractivity contribution is -0.135. The molecule has 1 fully saturated rings. The molecule has 2 N–H and O–H groups in total. The van der Waals surface area contributed by atoms with Gasteiger partial charge in [0, 0.05) is 39.3 Å². The Morgan fingerprint density at radius 2 is 1.90 bits per heavy atom. The summed E-state index contributed by atoms with van der Waals surface area (Å²) in [7, 11) is 0. The van der Waals surface area contributed by atoms with Crippen LogP contribution < -0.4 is 5.32 Å². The maximum absolute atomic E-state index is 12.6.